The van der Waals surface area contributed by atoms with Crippen molar-refractivity contribution in [1.29, 1.82) is 0 Å². The van der Waals surface area contributed by atoms with Crippen LogP contribution in [0, 0.1) is 0 Å². The topological polar surface area (TPSA) is 21.3 Å². The largest absolute Gasteiger partial charge is 0.377 e. The maximum Gasteiger partial charge on any atom is 0.0620 e. The van der Waals surface area contributed by atoms with E-state index in [-0.39, 0.29) is 0 Å². The first-order chi connectivity index (χ1) is 5.83. The first-order valence-corrected chi connectivity index (χ1v) is 5.12. The lowest BCUT2D eigenvalue weighted by molar-refractivity contribution is 0.0192. The van der Waals surface area contributed by atoms with Crippen molar-refractivity contribution in [3.63, 3.8) is 0 Å². The van der Waals surface area contributed by atoms with E-state index in [0.717, 1.165) is 6.61 Å². The van der Waals surface area contributed by atoms with Crippen molar-refractivity contribution in [1.82, 2.24) is 5.32 Å². The predicted molar refractivity (Wildman–Crippen MR) is 51.3 cm³/mol. The lowest BCUT2D eigenvalue weighted by atomic mass is 9.98. The van der Waals surface area contributed by atoms with Gasteiger partial charge in [0.2, 0.25) is 0 Å². The summed E-state index contributed by atoms with van der Waals surface area (Å²) in [6.07, 6.45) is 7.22. The molecule has 1 N–H and O–H groups in total. The fourth-order valence-corrected chi connectivity index (χ4v) is 1.60. The molecule has 0 heterocycles. The molecular weight excluding hydrogens is 150 g/mol. The molecule has 2 heteroatoms. The van der Waals surface area contributed by atoms with Crippen molar-refractivity contribution in [2.75, 3.05) is 13.7 Å². The van der Waals surface area contributed by atoms with Crippen LogP contribution < -0.4 is 5.32 Å². The Hall–Kier alpha value is -0.0800. The van der Waals surface area contributed by atoms with Gasteiger partial charge in [0.05, 0.1) is 12.7 Å². The van der Waals surface area contributed by atoms with Gasteiger partial charge >= 0.3 is 0 Å². The van der Waals surface area contributed by atoms with Gasteiger partial charge in [-0.3, -0.25) is 0 Å². The summed E-state index contributed by atoms with van der Waals surface area (Å²) in [4.78, 5) is 0. The van der Waals surface area contributed by atoms with E-state index < -0.39 is 0 Å². The molecule has 0 spiro atoms. The number of rotatable bonds is 4. The third kappa shape index (κ3) is 3.55. The molecule has 12 heavy (non-hydrogen) atoms. The molecule has 1 rings (SSSR count). The molecule has 2 nitrogen and oxygen atoms in total. The van der Waals surface area contributed by atoms with E-state index in [1.165, 1.54) is 32.1 Å². The summed E-state index contributed by atoms with van der Waals surface area (Å²) in [7, 11) is 1.98. The highest BCUT2D eigenvalue weighted by Gasteiger charge is 2.13. The SMILES string of the molecule is CNC(C)COC1CCCCC1. The molecule has 1 aliphatic carbocycles. The molecule has 0 aromatic rings. The minimum Gasteiger partial charge on any atom is -0.377 e. The summed E-state index contributed by atoms with van der Waals surface area (Å²) >= 11 is 0. The van der Waals surface area contributed by atoms with Crippen molar-refractivity contribution in [3.05, 3.63) is 0 Å². The molecule has 1 saturated carbocycles. The summed E-state index contributed by atoms with van der Waals surface area (Å²) in [5, 5.41) is 3.18. The molecule has 72 valence electrons. The molecule has 1 unspecified atom stereocenters. The van der Waals surface area contributed by atoms with Gasteiger partial charge in [-0.25, -0.2) is 0 Å². The number of likely N-dealkylation sites (N-methyl/N-ethyl adjacent to an activating group) is 1. The fraction of sp³-hybridized carbons (Fsp3) is 1.00. The zero-order valence-corrected chi connectivity index (χ0v) is 8.31. The summed E-state index contributed by atoms with van der Waals surface area (Å²) in [5.41, 5.74) is 0. The van der Waals surface area contributed by atoms with Gasteiger partial charge in [0.1, 0.15) is 0 Å². The molecule has 1 fully saturated rings. The highest BCUT2D eigenvalue weighted by molar-refractivity contribution is 4.66. The Labute approximate surface area is 75.7 Å². The van der Waals surface area contributed by atoms with Crippen molar-refractivity contribution in [2.45, 2.75) is 51.2 Å². The highest BCUT2D eigenvalue weighted by Crippen LogP contribution is 2.20. The Balaban J connectivity index is 2.05. The van der Waals surface area contributed by atoms with Gasteiger partial charge in [-0.2, -0.15) is 0 Å². The Kier molecular flexibility index (Phi) is 4.62. The van der Waals surface area contributed by atoms with E-state index in [2.05, 4.69) is 12.2 Å². The standard InChI is InChI=1S/C10H21NO/c1-9(11-2)8-12-10-6-4-3-5-7-10/h9-11H,3-8H2,1-2H3. The van der Waals surface area contributed by atoms with Crippen LogP contribution in [0.15, 0.2) is 0 Å². The summed E-state index contributed by atoms with van der Waals surface area (Å²) in [6.45, 7) is 3.02. The Bertz CT molecular complexity index is 110. The molecule has 0 amide bonds. The smallest absolute Gasteiger partial charge is 0.0620 e. The summed E-state index contributed by atoms with van der Waals surface area (Å²) < 4.78 is 5.77. The Morgan fingerprint density at radius 1 is 1.33 bits per heavy atom. The van der Waals surface area contributed by atoms with Crippen molar-refractivity contribution < 1.29 is 4.74 Å². The minimum atomic E-state index is 0.493. The average Bonchev–Trinajstić information content (AvgIpc) is 2.16. The Morgan fingerprint density at radius 3 is 2.58 bits per heavy atom. The van der Waals surface area contributed by atoms with E-state index >= 15 is 0 Å². The summed E-state index contributed by atoms with van der Waals surface area (Å²) in [6, 6.07) is 0.493. The molecule has 0 saturated heterocycles. The first kappa shape index (κ1) is 10.0. The van der Waals surface area contributed by atoms with Gasteiger partial charge < -0.3 is 10.1 Å². The zero-order chi connectivity index (χ0) is 8.81. The molecule has 0 radical (unpaired) electrons. The van der Waals surface area contributed by atoms with Gasteiger partial charge in [-0.15, -0.1) is 0 Å². The van der Waals surface area contributed by atoms with Gasteiger partial charge in [-0.1, -0.05) is 19.3 Å². The predicted octanol–water partition coefficient (Wildman–Crippen LogP) is 1.94. The average molecular weight is 171 g/mol. The lowest BCUT2D eigenvalue weighted by Gasteiger charge is -2.23. The molecular formula is C10H21NO. The number of hydrogen-bond acceptors (Lipinski definition) is 2. The second-order valence-electron chi connectivity index (χ2n) is 3.78. The fourth-order valence-electron chi connectivity index (χ4n) is 1.60. The van der Waals surface area contributed by atoms with Gasteiger partial charge in [0.25, 0.3) is 0 Å². The van der Waals surface area contributed by atoms with Crippen LogP contribution in [-0.2, 0) is 4.74 Å². The second kappa shape index (κ2) is 5.55. The van der Waals surface area contributed by atoms with Crippen LogP contribution in [0.25, 0.3) is 0 Å². The quantitative estimate of drug-likeness (QED) is 0.698. The molecule has 1 atom stereocenters. The van der Waals surface area contributed by atoms with Gasteiger partial charge in [-0.05, 0) is 26.8 Å². The van der Waals surface area contributed by atoms with Crippen LogP contribution in [0.4, 0.5) is 0 Å². The van der Waals surface area contributed by atoms with Gasteiger partial charge in [0, 0.05) is 6.04 Å². The van der Waals surface area contributed by atoms with E-state index in [0.29, 0.717) is 12.1 Å². The van der Waals surface area contributed by atoms with Crippen molar-refractivity contribution in [3.8, 4) is 0 Å². The van der Waals surface area contributed by atoms with Crippen molar-refractivity contribution in [2.24, 2.45) is 0 Å². The van der Waals surface area contributed by atoms with Crippen LogP contribution in [-0.4, -0.2) is 25.8 Å². The zero-order valence-electron chi connectivity index (χ0n) is 8.31. The van der Waals surface area contributed by atoms with Crippen LogP contribution in [0.2, 0.25) is 0 Å². The number of nitrogens with one attached hydrogen (secondary N) is 1. The minimum absolute atomic E-state index is 0.493. The number of ether oxygens (including phenoxy) is 1. The molecule has 0 bridgehead atoms. The van der Waals surface area contributed by atoms with E-state index in [9.17, 15) is 0 Å². The van der Waals surface area contributed by atoms with Crippen LogP contribution in [0.5, 0.6) is 0 Å². The third-order valence-electron chi connectivity index (χ3n) is 2.63. The second-order valence-corrected chi connectivity index (χ2v) is 3.78. The lowest BCUT2D eigenvalue weighted by Crippen LogP contribution is -2.30. The Morgan fingerprint density at radius 2 is 2.00 bits per heavy atom. The van der Waals surface area contributed by atoms with Crippen LogP contribution in [0.3, 0.4) is 0 Å². The van der Waals surface area contributed by atoms with E-state index in [1.807, 2.05) is 7.05 Å². The number of hydrogen-bond donors (Lipinski definition) is 1. The monoisotopic (exact) mass is 171 g/mol. The molecule has 0 aromatic heterocycles. The normalized spacial score (nSPS) is 22.5. The molecule has 0 aliphatic heterocycles. The highest BCUT2D eigenvalue weighted by atomic mass is 16.5. The van der Waals surface area contributed by atoms with Crippen LogP contribution >= 0.6 is 0 Å². The third-order valence-corrected chi connectivity index (χ3v) is 2.63. The summed E-state index contributed by atoms with van der Waals surface area (Å²) in [5.74, 6) is 0. The van der Waals surface area contributed by atoms with Crippen molar-refractivity contribution >= 4 is 0 Å². The van der Waals surface area contributed by atoms with E-state index in [1.54, 1.807) is 0 Å². The maximum atomic E-state index is 5.77. The maximum absolute atomic E-state index is 5.77. The first-order valence-electron chi connectivity index (χ1n) is 5.12. The van der Waals surface area contributed by atoms with Gasteiger partial charge in [0.15, 0.2) is 0 Å². The van der Waals surface area contributed by atoms with E-state index in [4.69, 9.17) is 4.74 Å². The molecule has 1 aliphatic rings. The van der Waals surface area contributed by atoms with Crippen LogP contribution in [0.1, 0.15) is 39.0 Å². The molecule has 0 aromatic carbocycles.